The van der Waals surface area contributed by atoms with Gasteiger partial charge in [0, 0.05) is 27.2 Å². The second-order valence-corrected chi connectivity index (χ2v) is 6.39. The van der Waals surface area contributed by atoms with Crippen LogP contribution in [-0.2, 0) is 0 Å². The molecule has 3 nitrogen and oxygen atoms in total. The monoisotopic (exact) mass is 364 g/mol. The van der Waals surface area contributed by atoms with Crippen LogP contribution in [0.5, 0.6) is 0 Å². The lowest BCUT2D eigenvalue weighted by molar-refractivity contribution is 0.262. The summed E-state index contributed by atoms with van der Waals surface area (Å²) < 4.78 is 26.7. The Hall–Kier alpha value is -2.44. The number of hydrogen-bond donors (Lipinski definition) is 2. The minimum Gasteiger partial charge on any atom is -0.308 e. The Balaban J connectivity index is 1.69. The Morgan fingerprint density at radius 3 is 2.42 bits per heavy atom. The molecule has 0 saturated carbocycles. The minimum atomic E-state index is -0.644. The van der Waals surface area contributed by atoms with Gasteiger partial charge >= 0.3 is 6.03 Å². The van der Waals surface area contributed by atoms with E-state index in [0.717, 1.165) is 6.07 Å². The Labute approximate surface area is 145 Å². The Bertz CT molecular complexity index is 881. The fourth-order valence-electron chi connectivity index (χ4n) is 2.05. The van der Waals surface area contributed by atoms with Crippen LogP contribution < -0.4 is 10.6 Å². The van der Waals surface area contributed by atoms with Gasteiger partial charge in [-0.1, -0.05) is 11.6 Å². The standard InChI is InChI=1S/C17H11ClF2N2OS/c18-10-1-4-12(5-2-10)21-17(23)22-16-8-7-15(24-16)13-6-3-11(19)9-14(13)20/h1-9H,(H2,21,22,23). The quantitative estimate of drug-likeness (QED) is 0.588. The van der Waals surface area contributed by atoms with Crippen molar-refractivity contribution in [1.29, 1.82) is 0 Å². The van der Waals surface area contributed by atoms with Gasteiger partial charge in [-0.2, -0.15) is 0 Å². The maximum atomic E-state index is 13.8. The van der Waals surface area contributed by atoms with Gasteiger partial charge in [-0.25, -0.2) is 13.6 Å². The van der Waals surface area contributed by atoms with E-state index in [2.05, 4.69) is 10.6 Å². The Morgan fingerprint density at radius 2 is 1.71 bits per heavy atom. The minimum absolute atomic E-state index is 0.285. The average molecular weight is 365 g/mol. The van der Waals surface area contributed by atoms with Gasteiger partial charge < -0.3 is 5.32 Å². The first kappa shape index (κ1) is 16.4. The number of halogens is 3. The first-order valence-corrected chi connectivity index (χ1v) is 8.09. The number of hydrogen-bond acceptors (Lipinski definition) is 2. The van der Waals surface area contributed by atoms with Gasteiger partial charge in [0.25, 0.3) is 0 Å². The molecule has 2 aromatic carbocycles. The van der Waals surface area contributed by atoms with Crippen LogP contribution in [0.2, 0.25) is 5.02 Å². The zero-order valence-corrected chi connectivity index (χ0v) is 13.7. The number of carbonyl (C=O) groups is 1. The largest absolute Gasteiger partial charge is 0.324 e. The van der Waals surface area contributed by atoms with Crippen LogP contribution >= 0.6 is 22.9 Å². The number of benzene rings is 2. The third-order valence-corrected chi connectivity index (χ3v) is 4.43. The van der Waals surface area contributed by atoms with E-state index < -0.39 is 17.7 Å². The third-order valence-electron chi connectivity index (χ3n) is 3.14. The first-order chi connectivity index (χ1) is 11.5. The molecule has 0 aliphatic heterocycles. The highest BCUT2D eigenvalue weighted by molar-refractivity contribution is 7.19. The fraction of sp³-hybridized carbons (Fsp3) is 0. The molecule has 0 aliphatic carbocycles. The summed E-state index contributed by atoms with van der Waals surface area (Å²) in [4.78, 5) is 12.5. The molecule has 3 aromatic rings. The summed E-state index contributed by atoms with van der Waals surface area (Å²) in [5.74, 6) is -1.28. The molecule has 0 unspecified atom stereocenters. The number of nitrogens with one attached hydrogen (secondary N) is 2. The molecule has 1 heterocycles. The molecule has 7 heteroatoms. The maximum Gasteiger partial charge on any atom is 0.324 e. The molecule has 122 valence electrons. The van der Waals surface area contributed by atoms with Crippen LogP contribution in [0.25, 0.3) is 10.4 Å². The normalized spacial score (nSPS) is 10.5. The van der Waals surface area contributed by atoms with Crippen LogP contribution in [-0.4, -0.2) is 6.03 Å². The van der Waals surface area contributed by atoms with Crippen molar-refractivity contribution in [3.05, 3.63) is 71.3 Å². The molecule has 24 heavy (non-hydrogen) atoms. The summed E-state index contributed by atoms with van der Waals surface area (Å²) in [5.41, 5.74) is 0.880. The van der Waals surface area contributed by atoms with Crippen LogP contribution in [0.4, 0.5) is 24.3 Å². The summed E-state index contributed by atoms with van der Waals surface area (Å²) in [6.07, 6.45) is 0. The van der Waals surface area contributed by atoms with E-state index in [4.69, 9.17) is 11.6 Å². The Kier molecular flexibility index (Phi) is 4.78. The zero-order valence-electron chi connectivity index (χ0n) is 12.1. The summed E-state index contributed by atoms with van der Waals surface area (Å²) in [5, 5.41) is 6.44. The predicted molar refractivity (Wildman–Crippen MR) is 93.8 cm³/mol. The zero-order chi connectivity index (χ0) is 17.1. The average Bonchev–Trinajstić information content (AvgIpc) is 2.97. The highest BCUT2D eigenvalue weighted by Crippen LogP contribution is 2.33. The Morgan fingerprint density at radius 1 is 0.958 bits per heavy atom. The topological polar surface area (TPSA) is 41.1 Å². The fourth-order valence-corrected chi connectivity index (χ4v) is 3.10. The van der Waals surface area contributed by atoms with E-state index in [1.165, 1.54) is 23.5 Å². The van der Waals surface area contributed by atoms with Crippen molar-refractivity contribution in [2.45, 2.75) is 0 Å². The van der Waals surface area contributed by atoms with Gasteiger partial charge in [-0.3, -0.25) is 5.32 Å². The summed E-state index contributed by atoms with van der Waals surface area (Å²) in [6, 6.07) is 13.0. The summed E-state index contributed by atoms with van der Waals surface area (Å²) >= 11 is 6.97. The highest BCUT2D eigenvalue weighted by Gasteiger charge is 2.11. The molecule has 0 aliphatic rings. The van der Waals surface area contributed by atoms with E-state index >= 15 is 0 Å². The van der Waals surface area contributed by atoms with Crippen molar-refractivity contribution in [2.24, 2.45) is 0 Å². The van der Waals surface area contributed by atoms with E-state index in [-0.39, 0.29) is 5.56 Å². The van der Waals surface area contributed by atoms with E-state index in [9.17, 15) is 13.6 Å². The van der Waals surface area contributed by atoms with Crippen LogP contribution in [0.3, 0.4) is 0 Å². The van der Waals surface area contributed by atoms with Crippen LogP contribution in [0.15, 0.2) is 54.6 Å². The number of anilines is 2. The van der Waals surface area contributed by atoms with Crippen molar-refractivity contribution in [3.63, 3.8) is 0 Å². The molecule has 2 N–H and O–H groups in total. The molecule has 0 spiro atoms. The molecule has 3 rings (SSSR count). The number of rotatable bonds is 3. The molecule has 0 fully saturated rings. The van der Waals surface area contributed by atoms with Crippen molar-refractivity contribution in [1.82, 2.24) is 0 Å². The molecule has 2 amide bonds. The second kappa shape index (κ2) is 6.98. The highest BCUT2D eigenvalue weighted by atomic mass is 35.5. The maximum absolute atomic E-state index is 13.8. The number of urea groups is 1. The number of carbonyl (C=O) groups excluding carboxylic acids is 1. The first-order valence-electron chi connectivity index (χ1n) is 6.90. The molecule has 0 bridgehead atoms. The molecule has 1 aromatic heterocycles. The van der Waals surface area contributed by atoms with Crippen molar-refractivity contribution in [2.75, 3.05) is 10.6 Å². The second-order valence-electron chi connectivity index (χ2n) is 4.87. The van der Waals surface area contributed by atoms with Gasteiger partial charge in [0.05, 0.1) is 5.00 Å². The molecule has 0 atom stereocenters. The van der Waals surface area contributed by atoms with Crippen LogP contribution in [0.1, 0.15) is 0 Å². The van der Waals surface area contributed by atoms with Crippen molar-refractivity contribution in [3.8, 4) is 10.4 Å². The predicted octanol–water partition coefficient (Wildman–Crippen LogP) is 5.99. The van der Waals surface area contributed by atoms with Crippen molar-refractivity contribution < 1.29 is 13.6 Å². The SMILES string of the molecule is O=C(Nc1ccc(Cl)cc1)Nc1ccc(-c2ccc(F)cc2F)s1. The molecule has 0 saturated heterocycles. The lowest BCUT2D eigenvalue weighted by Gasteiger charge is -2.06. The van der Waals surface area contributed by atoms with Gasteiger partial charge in [-0.05, 0) is 48.5 Å². The van der Waals surface area contributed by atoms with Gasteiger partial charge in [0.2, 0.25) is 0 Å². The van der Waals surface area contributed by atoms with Crippen molar-refractivity contribution >= 4 is 39.7 Å². The lowest BCUT2D eigenvalue weighted by Crippen LogP contribution is -2.18. The van der Waals surface area contributed by atoms with Gasteiger partial charge in [-0.15, -0.1) is 11.3 Å². The van der Waals surface area contributed by atoms with E-state index in [0.29, 0.717) is 20.6 Å². The van der Waals surface area contributed by atoms with E-state index in [1.807, 2.05) is 0 Å². The van der Waals surface area contributed by atoms with Gasteiger partial charge in [0.15, 0.2) is 0 Å². The summed E-state index contributed by atoms with van der Waals surface area (Å²) in [6.45, 7) is 0. The lowest BCUT2D eigenvalue weighted by atomic mass is 10.2. The molecular weight excluding hydrogens is 354 g/mol. The smallest absolute Gasteiger partial charge is 0.308 e. The third kappa shape index (κ3) is 3.90. The van der Waals surface area contributed by atoms with E-state index in [1.54, 1.807) is 36.4 Å². The summed E-state index contributed by atoms with van der Waals surface area (Å²) in [7, 11) is 0. The van der Waals surface area contributed by atoms with Crippen LogP contribution in [0, 0.1) is 11.6 Å². The molecular formula is C17H11ClF2N2OS. The molecule has 0 radical (unpaired) electrons. The number of amides is 2. The number of thiophene rings is 1. The van der Waals surface area contributed by atoms with Gasteiger partial charge in [0.1, 0.15) is 11.6 Å².